The van der Waals surface area contributed by atoms with E-state index in [1.165, 1.54) is 37.3 Å². The van der Waals surface area contributed by atoms with Crippen LogP contribution in [0.2, 0.25) is 0 Å². The number of hydrogen-bond donors (Lipinski definition) is 1. The smallest absolute Gasteiger partial charge is 0.331 e. The standard InChI is InChI=1S/C19H18FNO3/c1-13-4-3-5-15(12-13)6-11-18(22)24-14(2)19(23)21-17-9-7-16(20)8-10-17/h3-12,14H,1-2H3,(H,21,23)/b11-6+/t14-/m1/s1. The van der Waals surface area contributed by atoms with Gasteiger partial charge in [0.1, 0.15) is 5.82 Å². The van der Waals surface area contributed by atoms with E-state index in [-0.39, 0.29) is 0 Å². The zero-order valence-corrected chi connectivity index (χ0v) is 13.5. The van der Waals surface area contributed by atoms with Gasteiger partial charge in [-0.15, -0.1) is 0 Å². The summed E-state index contributed by atoms with van der Waals surface area (Å²) in [7, 11) is 0. The molecule has 0 aliphatic carbocycles. The van der Waals surface area contributed by atoms with Crippen molar-refractivity contribution in [1.29, 1.82) is 0 Å². The molecule has 0 heterocycles. The predicted octanol–water partition coefficient (Wildman–Crippen LogP) is 3.72. The molecule has 0 unspecified atom stereocenters. The number of rotatable bonds is 5. The zero-order valence-electron chi connectivity index (χ0n) is 13.5. The first-order valence-corrected chi connectivity index (χ1v) is 7.46. The van der Waals surface area contributed by atoms with Gasteiger partial charge in [-0.3, -0.25) is 4.79 Å². The molecule has 0 radical (unpaired) electrons. The topological polar surface area (TPSA) is 55.4 Å². The minimum Gasteiger partial charge on any atom is -0.449 e. The normalized spacial score (nSPS) is 12.0. The highest BCUT2D eigenvalue weighted by Crippen LogP contribution is 2.10. The molecule has 24 heavy (non-hydrogen) atoms. The Hall–Kier alpha value is -2.95. The van der Waals surface area contributed by atoms with Gasteiger partial charge in [-0.2, -0.15) is 0 Å². The molecular formula is C19H18FNO3. The van der Waals surface area contributed by atoms with Crippen molar-refractivity contribution < 1.29 is 18.7 Å². The average molecular weight is 327 g/mol. The maximum absolute atomic E-state index is 12.8. The molecule has 1 atom stereocenters. The van der Waals surface area contributed by atoms with Crippen molar-refractivity contribution in [2.75, 3.05) is 5.32 Å². The first-order valence-electron chi connectivity index (χ1n) is 7.46. The van der Waals surface area contributed by atoms with Gasteiger partial charge in [-0.1, -0.05) is 29.8 Å². The fourth-order valence-corrected chi connectivity index (χ4v) is 1.98. The number of carbonyl (C=O) groups is 2. The minimum absolute atomic E-state index is 0.395. The fraction of sp³-hybridized carbons (Fsp3) is 0.158. The first kappa shape index (κ1) is 17.4. The summed E-state index contributed by atoms with van der Waals surface area (Å²) in [5.74, 6) is -1.49. The molecule has 1 amide bonds. The highest BCUT2D eigenvalue weighted by atomic mass is 19.1. The van der Waals surface area contributed by atoms with Crippen molar-refractivity contribution in [3.63, 3.8) is 0 Å². The van der Waals surface area contributed by atoms with Crippen molar-refractivity contribution in [2.45, 2.75) is 20.0 Å². The number of benzene rings is 2. The van der Waals surface area contributed by atoms with Crippen molar-refractivity contribution in [3.05, 3.63) is 71.6 Å². The van der Waals surface area contributed by atoms with E-state index in [9.17, 15) is 14.0 Å². The van der Waals surface area contributed by atoms with Crippen LogP contribution in [0.5, 0.6) is 0 Å². The molecule has 1 N–H and O–H groups in total. The maximum Gasteiger partial charge on any atom is 0.331 e. The summed E-state index contributed by atoms with van der Waals surface area (Å²) in [6.07, 6.45) is 1.93. The van der Waals surface area contributed by atoms with E-state index in [1.807, 2.05) is 31.2 Å². The molecule has 0 fully saturated rings. The Labute approximate surface area is 140 Å². The Morgan fingerprint density at radius 2 is 1.88 bits per heavy atom. The first-order chi connectivity index (χ1) is 11.4. The van der Waals surface area contributed by atoms with E-state index in [0.29, 0.717) is 5.69 Å². The van der Waals surface area contributed by atoms with Gasteiger partial charge < -0.3 is 10.1 Å². The van der Waals surface area contributed by atoms with E-state index < -0.39 is 23.8 Å². The number of ether oxygens (including phenoxy) is 1. The lowest BCUT2D eigenvalue weighted by Gasteiger charge is -2.12. The van der Waals surface area contributed by atoms with Crippen LogP contribution >= 0.6 is 0 Å². The van der Waals surface area contributed by atoms with Crippen LogP contribution in [0.3, 0.4) is 0 Å². The molecule has 2 aromatic rings. The number of nitrogens with one attached hydrogen (secondary N) is 1. The van der Waals surface area contributed by atoms with Gasteiger partial charge >= 0.3 is 5.97 Å². The average Bonchev–Trinajstić information content (AvgIpc) is 2.55. The molecule has 0 saturated heterocycles. The molecule has 0 spiro atoms. The lowest BCUT2D eigenvalue weighted by molar-refractivity contribution is -0.148. The fourth-order valence-electron chi connectivity index (χ4n) is 1.98. The Bertz CT molecular complexity index is 753. The van der Waals surface area contributed by atoms with Gasteiger partial charge in [-0.25, -0.2) is 9.18 Å². The largest absolute Gasteiger partial charge is 0.449 e. The molecule has 0 aliphatic heterocycles. The quantitative estimate of drug-likeness (QED) is 0.673. The van der Waals surface area contributed by atoms with Crippen molar-refractivity contribution >= 4 is 23.6 Å². The van der Waals surface area contributed by atoms with Crippen LogP contribution in [0.4, 0.5) is 10.1 Å². The number of aryl methyl sites for hydroxylation is 1. The van der Waals surface area contributed by atoms with Gasteiger partial charge in [0, 0.05) is 11.8 Å². The summed E-state index contributed by atoms with van der Waals surface area (Å²) in [4.78, 5) is 23.7. The third-order valence-electron chi connectivity index (χ3n) is 3.23. The Kier molecular flexibility index (Phi) is 5.84. The summed E-state index contributed by atoms with van der Waals surface area (Å²) < 4.78 is 17.9. The predicted molar refractivity (Wildman–Crippen MR) is 90.8 cm³/mol. The molecule has 0 saturated carbocycles. The molecule has 4 nitrogen and oxygen atoms in total. The number of hydrogen-bond acceptors (Lipinski definition) is 3. The molecule has 5 heteroatoms. The third-order valence-corrected chi connectivity index (χ3v) is 3.23. The SMILES string of the molecule is Cc1cccc(/C=C/C(=O)O[C@H](C)C(=O)Nc2ccc(F)cc2)c1. The van der Waals surface area contributed by atoms with Gasteiger partial charge in [0.25, 0.3) is 5.91 Å². The van der Waals surface area contributed by atoms with E-state index in [0.717, 1.165) is 11.1 Å². The monoisotopic (exact) mass is 327 g/mol. The number of esters is 1. The van der Waals surface area contributed by atoms with Crippen molar-refractivity contribution in [2.24, 2.45) is 0 Å². The maximum atomic E-state index is 12.8. The molecule has 0 aliphatic rings. The lowest BCUT2D eigenvalue weighted by Crippen LogP contribution is -2.29. The summed E-state index contributed by atoms with van der Waals surface area (Å²) in [5, 5.41) is 2.55. The van der Waals surface area contributed by atoms with E-state index in [4.69, 9.17) is 4.74 Å². The lowest BCUT2D eigenvalue weighted by atomic mass is 10.1. The molecule has 0 bridgehead atoms. The third kappa shape index (κ3) is 5.35. The second-order valence-electron chi connectivity index (χ2n) is 5.32. The van der Waals surface area contributed by atoms with Crippen LogP contribution in [-0.2, 0) is 14.3 Å². The summed E-state index contributed by atoms with van der Waals surface area (Å²) in [5.41, 5.74) is 2.38. The van der Waals surface area contributed by atoms with Gasteiger partial charge in [0.2, 0.25) is 0 Å². The Balaban J connectivity index is 1.88. The molecule has 0 aromatic heterocycles. The van der Waals surface area contributed by atoms with E-state index in [1.54, 1.807) is 6.08 Å². The number of halogens is 1. The number of amides is 1. The Morgan fingerprint density at radius 3 is 2.54 bits per heavy atom. The second kappa shape index (κ2) is 8.06. The molecule has 2 rings (SSSR count). The molecule has 2 aromatic carbocycles. The summed E-state index contributed by atoms with van der Waals surface area (Å²) >= 11 is 0. The summed E-state index contributed by atoms with van der Waals surface area (Å²) in [6.45, 7) is 3.43. The molecular weight excluding hydrogens is 309 g/mol. The highest BCUT2D eigenvalue weighted by Gasteiger charge is 2.16. The van der Waals surface area contributed by atoms with Crippen LogP contribution in [0.1, 0.15) is 18.1 Å². The van der Waals surface area contributed by atoms with Gasteiger partial charge in [0.15, 0.2) is 6.10 Å². The zero-order chi connectivity index (χ0) is 17.5. The van der Waals surface area contributed by atoms with E-state index >= 15 is 0 Å². The number of carbonyl (C=O) groups excluding carboxylic acids is 2. The number of anilines is 1. The van der Waals surface area contributed by atoms with Crippen molar-refractivity contribution in [3.8, 4) is 0 Å². The van der Waals surface area contributed by atoms with Gasteiger partial charge in [0.05, 0.1) is 0 Å². The van der Waals surface area contributed by atoms with Crippen LogP contribution in [0.15, 0.2) is 54.6 Å². The van der Waals surface area contributed by atoms with Gasteiger partial charge in [-0.05, 0) is 49.8 Å². The van der Waals surface area contributed by atoms with E-state index in [2.05, 4.69) is 5.32 Å². The minimum atomic E-state index is -0.968. The molecule has 124 valence electrons. The highest BCUT2D eigenvalue weighted by molar-refractivity contribution is 5.96. The van der Waals surface area contributed by atoms with Crippen LogP contribution in [0.25, 0.3) is 6.08 Å². The summed E-state index contributed by atoms with van der Waals surface area (Å²) in [6, 6.07) is 13.0. The van der Waals surface area contributed by atoms with Crippen LogP contribution < -0.4 is 5.32 Å². The second-order valence-corrected chi connectivity index (χ2v) is 5.32. The van der Waals surface area contributed by atoms with Crippen LogP contribution in [0, 0.1) is 12.7 Å². The Morgan fingerprint density at radius 1 is 1.17 bits per heavy atom. The van der Waals surface area contributed by atoms with Crippen molar-refractivity contribution in [1.82, 2.24) is 0 Å². The van der Waals surface area contributed by atoms with Crippen LogP contribution in [-0.4, -0.2) is 18.0 Å².